The quantitative estimate of drug-likeness (QED) is 0.257. The highest BCUT2D eigenvalue weighted by molar-refractivity contribution is 6.04. The first kappa shape index (κ1) is 33.1. The Hall–Kier alpha value is -4.30. The number of methoxy groups -OCH3 is 1. The highest BCUT2D eigenvalue weighted by atomic mass is 19.4. The summed E-state index contributed by atoms with van der Waals surface area (Å²) in [7, 11) is 3.53. The molecule has 1 aromatic heterocycles. The van der Waals surface area contributed by atoms with Crippen LogP contribution in [0.5, 0.6) is 5.75 Å². The number of amides is 1. The predicted octanol–water partition coefficient (Wildman–Crippen LogP) is 5.23. The summed E-state index contributed by atoms with van der Waals surface area (Å²) < 4.78 is 60.7. The summed E-state index contributed by atoms with van der Waals surface area (Å²) in [4.78, 5) is 39.7. The Morgan fingerprint density at radius 1 is 1.07 bits per heavy atom. The van der Waals surface area contributed by atoms with Gasteiger partial charge in [0, 0.05) is 58.3 Å². The molecule has 1 unspecified atom stereocenters. The van der Waals surface area contributed by atoms with Crippen LogP contribution in [0.1, 0.15) is 46.4 Å². The zero-order valence-corrected chi connectivity index (χ0v) is 26.0. The summed E-state index contributed by atoms with van der Waals surface area (Å²) >= 11 is 0. The maximum atomic E-state index is 14.0. The van der Waals surface area contributed by atoms with Crippen LogP contribution < -0.4 is 15.4 Å². The van der Waals surface area contributed by atoms with Gasteiger partial charge >= 0.3 is 6.18 Å². The molecule has 0 radical (unpaired) electrons. The van der Waals surface area contributed by atoms with Crippen molar-refractivity contribution in [2.75, 3.05) is 70.7 Å². The Morgan fingerprint density at radius 3 is 2.52 bits per heavy atom. The first-order valence-electron chi connectivity index (χ1n) is 15.1. The molecule has 3 heterocycles. The fourth-order valence-corrected chi connectivity index (χ4v) is 5.75. The number of alkyl halides is 4. The zero-order valence-electron chi connectivity index (χ0n) is 26.0. The molecule has 1 amide bonds. The van der Waals surface area contributed by atoms with Crippen LogP contribution >= 0.6 is 0 Å². The van der Waals surface area contributed by atoms with Gasteiger partial charge in [-0.1, -0.05) is 18.2 Å². The van der Waals surface area contributed by atoms with Crippen molar-refractivity contribution in [1.29, 1.82) is 0 Å². The van der Waals surface area contributed by atoms with Gasteiger partial charge in [0.2, 0.25) is 5.95 Å². The fourth-order valence-electron chi connectivity index (χ4n) is 5.75. The van der Waals surface area contributed by atoms with Gasteiger partial charge in [0.05, 0.1) is 30.1 Å². The summed E-state index contributed by atoms with van der Waals surface area (Å²) in [5.74, 6) is -0.750. The number of piperazine rings is 1. The number of carbonyl (C=O) groups excluding carboxylic acids is 2. The number of ether oxygens (including phenoxy) is 1. The number of likely N-dealkylation sites (N-methyl/N-ethyl adjacent to an activating group) is 1. The summed E-state index contributed by atoms with van der Waals surface area (Å²) in [6, 6.07) is 9.43. The van der Waals surface area contributed by atoms with Gasteiger partial charge in [0.1, 0.15) is 29.6 Å². The lowest BCUT2D eigenvalue weighted by Gasteiger charge is -2.32. The second kappa shape index (κ2) is 14.0. The normalized spacial score (nSPS) is 17.2. The largest absolute Gasteiger partial charge is 0.495 e. The number of anilines is 4. The van der Waals surface area contributed by atoms with Crippen LogP contribution in [-0.2, 0) is 17.4 Å². The van der Waals surface area contributed by atoms with Crippen molar-refractivity contribution in [3.05, 3.63) is 64.8 Å². The maximum Gasteiger partial charge on any atom is 0.421 e. The molecular weight excluding hydrogens is 606 g/mol. The van der Waals surface area contributed by atoms with E-state index in [-0.39, 0.29) is 35.9 Å². The lowest BCUT2D eigenvalue weighted by molar-refractivity contribution is -0.137. The van der Waals surface area contributed by atoms with Gasteiger partial charge < -0.3 is 30.1 Å². The van der Waals surface area contributed by atoms with E-state index in [4.69, 9.17) is 4.74 Å². The van der Waals surface area contributed by atoms with Gasteiger partial charge in [-0.25, -0.2) is 9.37 Å². The van der Waals surface area contributed by atoms with Gasteiger partial charge in [-0.3, -0.25) is 9.59 Å². The fraction of sp³-hybridized carbons (Fsp3) is 0.438. The van der Waals surface area contributed by atoms with Crippen molar-refractivity contribution in [2.45, 2.75) is 32.0 Å². The maximum absolute atomic E-state index is 14.0. The van der Waals surface area contributed by atoms with E-state index in [1.165, 1.54) is 18.1 Å². The molecule has 1 saturated heterocycles. The second-order valence-electron chi connectivity index (χ2n) is 11.5. The van der Waals surface area contributed by atoms with Crippen molar-refractivity contribution in [3.63, 3.8) is 0 Å². The summed E-state index contributed by atoms with van der Waals surface area (Å²) in [6.45, 7) is 5.40. The van der Waals surface area contributed by atoms with Gasteiger partial charge in [0.25, 0.3) is 5.91 Å². The van der Waals surface area contributed by atoms with Crippen LogP contribution in [0.15, 0.2) is 42.6 Å². The van der Waals surface area contributed by atoms with Crippen molar-refractivity contribution < 1.29 is 31.9 Å². The van der Waals surface area contributed by atoms with Crippen LogP contribution in [-0.4, -0.2) is 96.5 Å². The molecule has 14 heteroatoms. The molecule has 1 fully saturated rings. The molecule has 46 heavy (non-hydrogen) atoms. The lowest BCUT2D eigenvalue weighted by atomic mass is 10.0. The van der Waals surface area contributed by atoms with Crippen molar-refractivity contribution in [2.24, 2.45) is 0 Å². The van der Waals surface area contributed by atoms with Crippen molar-refractivity contribution in [1.82, 2.24) is 24.7 Å². The molecule has 0 bridgehead atoms. The number of Topliss-reactive ketones (excluding diaryl/α,β-unsaturated/α-hetero) is 1. The van der Waals surface area contributed by atoms with Gasteiger partial charge in [-0.15, -0.1) is 0 Å². The second-order valence-corrected chi connectivity index (χ2v) is 11.5. The standard InChI is InChI=1S/C32H37F4N7O3/c1-20-23-5-4-6-26(28(23)30(45)43(20)12-10-33)38-29-24(32(34,35)36)19-37-31(40-29)39-25-8-7-21(18-27(25)46-3)17-22(44)9-11-42-15-13-41(2)14-16-42/h4-8,18-20H,9-17H2,1-3H3,(H2,37,38,39,40). The third-order valence-corrected chi connectivity index (χ3v) is 8.38. The summed E-state index contributed by atoms with van der Waals surface area (Å²) in [5.41, 5.74) is 0.845. The number of hydrogen-bond acceptors (Lipinski definition) is 9. The average Bonchev–Trinajstić information content (AvgIpc) is 3.26. The number of nitrogens with zero attached hydrogens (tertiary/aromatic N) is 5. The number of fused-ring (bicyclic) bond motifs is 1. The Balaban J connectivity index is 1.33. The number of halogens is 4. The number of benzene rings is 2. The molecular formula is C32H37F4N7O3. The molecule has 2 aliphatic heterocycles. The molecule has 0 spiro atoms. The minimum atomic E-state index is -4.80. The number of hydrogen-bond donors (Lipinski definition) is 2. The highest BCUT2D eigenvalue weighted by Gasteiger charge is 2.38. The van der Waals surface area contributed by atoms with Crippen LogP contribution in [0.2, 0.25) is 0 Å². The first-order valence-corrected chi connectivity index (χ1v) is 15.1. The van der Waals surface area contributed by atoms with E-state index in [1.807, 2.05) is 0 Å². The third-order valence-electron chi connectivity index (χ3n) is 8.38. The Morgan fingerprint density at radius 2 is 1.83 bits per heavy atom. The highest BCUT2D eigenvalue weighted by Crippen LogP contribution is 2.40. The van der Waals surface area contributed by atoms with E-state index in [1.54, 1.807) is 37.3 Å². The molecule has 5 rings (SSSR count). The van der Waals surface area contributed by atoms with Crippen LogP contribution in [0.4, 0.5) is 40.7 Å². The molecule has 2 N–H and O–H groups in total. The molecule has 2 aliphatic rings. The molecule has 3 aromatic rings. The number of aromatic nitrogens is 2. The van der Waals surface area contributed by atoms with E-state index in [9.17, 15) is 27.2 Å². The van der Waals surface area contributed by atoms with Crippen molar-refractivity contribution in [3.8, 4) is 5.75 Å². The Bertz CT molecular complexity index is 1580. The zero-order chi connectivity index (χ0) is 33.0. The molecule has 0 aliphatic carbocycles. The van der Waals surface area contributed by atoms with E-state index in [0.29, 0.717) is 36.2 Å². The number of carbonyl (C=O) groups is 2. The topological polar surface area (TPSA) is 103 Å². The lowest BCUT2D eigenvalue weighted by Crippen LogP contribution is -2.45. The number of rotatable bonds is 12. The van der Waals surface area contributed by atoms with E-state index in [2.05, 4.69) is 37.4 Å². The number of nitrogens with one attached hydrogen (secondary N) is 2. The Labute approximate surface area is 264 Å². The molecule has 2 aromatic carbocycles. The van der Waals surface area contributed by atoms with Crippen LogP contribution in [0.25, 0.3) is 0 Å². The van der Waals surface area contributed by atoms with Crippen LogP contribution in [0, 0.1) is 0 Å². The monoisotopic (exact) mass is 643 g/mol. The first-order chi connectivity index (χ1) is 22.0. The minimum absolute atomic E-state index is 0.0940. The van der Waals surface area contributed by atoms with E-state index < -0.39 is 36.2 Å². The average molecular weight is 644 g/mol. The molecule has 10 nitrogen and oxygen atoms in total. The van der Waals surface area contributed by atoms with Gasteiger partial charge in [0.15, 0.2) is 0 Å². The molecule has 1 atom stereocenters. The summed E-state index contributed by atoms with van der Waals surface area (Å²) in [5, 5.41) is 5.59. The Kier molecular flexibility index (Phi) is 10.1. The SMILES string of the molecule is COc1cc(CC(=O)CCN2CCN(C)CC2)ccc1Nc1ncc(C(F)(F)F)c(Nc2cccc3c2C(=O)N(CCF)C3C)n1. The van der Waals surface area contributed by atoms with E-state index >= 15 is 0 Å². The van der Waals surface area contributed by atoms with Gasteiger partial charge in [-0.05, 0) is 43.3 Å². The summed E-state index contributed by atoms with van der Waals surface area (Å²) in [6.07, 6.45) is -3.49. The smallest absolute Gasteiger partial charge is 0.421 e. The van der Waals surface area contributed by atoms with Gasteiger partial charge in [-0.2, -0.15) is 18.2 Å². The number of ketones is 1. The third kappa shape index (κ3) is 7.39. The molecule has 246 valence electrons. The predicted molar refractivity (Wildman–Crippen MR) is 166 cm³/mol. The van der Waals surface area contributed by atoms with E-state index in [0.717, 1.165) is 31.7 Å². The van der Waals surface area contributed by atoms with Crippen LogP contribution in [0.3, 0.4) is 0 Å². The minimum Gasteiger partial charge on any atom is -0.495 e. The molecule has 0 saturated carbocycles. The van der Waals surface area contributed by atoms with Crippen molar-refractivity contribution >= 4 is 34.8 Å².